The summed E-state index contributed by atoms with van der Waals surface area (Å²) in [6.07, 6.45) is 7.06. The molecule has 0 radical (unpaired) electrons. The number of sulfonamides is 1. The summed E-state index contributed by atoms with van der Waals surface area (Å²) < 4.78 is 34.4. The van der Waals surface area contributed by atoms with Gasteiger partial charge in [0.15, 0.2) is 0 Å². The van der Waals surface area contributed by atoms with Crippen LogP contribution in [0, 0.1) is 24.2 Å². The zero-order valence-electron chi connectivity index (χ0n) is 20.7. The molecule has 2 saturated heterocycles. The fraction of sp³-hybridized carbons (Fsp3) is 0.429. The molecule has 8 heteroatoms. The van der Waals surface area contributed by atoms with Crippen LogP contribution in [0.3, 0.4) is 0 Å². The first-order chi connectivity index (χ1) is 17.4. The van der Waals surface area contributed by atoms with Crippen LogP contribution in [0.1, 0.15) is 48.8 Å². The molecule has 5 rings (SSSR count). The van der Waals surface area contributed by atoms with Crippen LogP contribution in [0.25, 0.3) is 10.9 Å². The molecule has 0 amide bonds. The Bertz CT molecular complexity index is 1400. The summed E-state index contributed by atoms with van der Waals surface area (Å²) in [5, 5.41) is 14.4. The molecule has 1 aromatic heterocycles. The van der Waals surface area contributed by atoms with Crippen LogP contribution < -0.4 is 14.8 Å². The molecular weight excluding hydrogens is 472 g/mol. The largest absolute Gasteiger partial charge is 0.497 e. The number of benzene rings is 2. The molecule has 36 heavy (non-hydrogen) atoms. The first-order valence-electron chi connectivity index (χ1n) is 12.6. The van der Waals surface area contributed by atoms with Crippen molar-refractivity contribution in [2.24, 2.45) is 5.92 Å². The molecule has 188 valence electrons. The number of aryl methyl sites for hydroxylation is 2. The average molecular weight is 505 g/mol. The monoisotopic (exact) mass is 504 g/mol. The minimum atomic E-state index is -3.54. The normalized spacial score (nSPS) is 23.8. The van der Waals surface area contributed by atoms with Crippen molar-refractivity contribution >= 4 is 20.9 Å². The standard InChI is InChI=1S/C28H32N4O3S/c1-18-5-3-4-6-28(18)36(33,34)32-23-13-21-11-19(12-22(14-23)31-21)7-9-25-20(16-29)17-30-27-10-8-24(35-2)15-26(25)27/h3-6,8,10,15,17,19,21-23,31-32H,7,9,11-14H2,1-2H3. The first kappa shape index (κ1) is 24.7. The van der Waals surface area contributed by atoms with Gasteiger partial charge in [0.1, 0.15) is 11.8 Å². The van der Waals surface area contributed by atoms with Crippen molar-refractivity contribution in [1.82, 2.24) is 15.0 Å². The predicted molar refractivity (Wildman–Crippen MR) is 139 cm³/mol. The molecular formula is C28H32N4O3S. The Morgan fingerprint density at radius 2 is 1.89 bits per heavy atom. The summed E-state index contributed by atoms with van der Waals surface area (Å²) in [5.41, 5.74) is 3.29. The second kappa shape index (κ2) is 10.2. The van der Waals surface area contributed by atoms with E-state index in [2.05, 4.69) is 21.1 Å². The number of nitrogens with one attached hydrogen (secondary N) is 2. The lowest BCUT2D eigenvalue weighted by Crippen LogP contribution is -2.56. The quantitative estimate of drug-likeness (QED) is 0.499. The zero-order chi connectivity index (χ0) is 25.3. The van der Waals surface area contributed by atoms with E-state index in [1.165, 1.54) is 0 Å². The molecule has 0 saturated carbocycles. The number of hydrogen-bond donors (Lipinski definition) is 2. The number of nitrogens with zero attached hydrogens (tertiary/aromatic N) is 2. The molecule has 2 unspecified atom stereocenters. The van der Waals surface area contributed by atoms with Crippen molar-refractivity contribution in [2.45, 2.75) is 68.5 Å². The molecule has 2 fully saturated rings. The maximum Gasteiger partial charge on any atom is 0.241 e. The van der Waals surface area contributed by atoms with Gasteiger partial charge in [0, 0.05) is 29.7 Å². The zero-order valence-corrected chi connectivity index (χ0v) is 21.5. The second-order valence-corrected chi connectivity index (χ2v) is 11.8. The molecule has 2 aliphatic rings. The van der Waals surface area contributed by atoms with Crippen molar-refractivity contribution in [3.63, 3.8) is 0 Å². The Morgan fingerprint density at radius 3 is 2.58 bits per heavy atom. The van der Waals surface area contributed by atoms with Gasteiger partial charge in [-0.25, -0.2) is 13.1 Å². The van der Waals surface area contributed by atoms with E-state index in [0.717, 1.165) is 66.3 Å². The van der Waals surface area contributed by atoms with Crippen LogP contribution in [-0.2, 0) is 16.4 Å². The number of piperidine rings is 2. The van der Waals surface area contributed by atoms with E-state index in [9.17, 15) is 13.7 Å². The smallest absolute Gasteiger partial charge is 0.241 e. The fourth-order valence-corrected chi connectivity index (χ4v) is 7.53. The number of methoxy groups -OCH3 is 1. The van der Waals surface area contributed by atoms with E-state index in [-0.39, 0.29) is 18.1 Å². The van der Waals surface area contributed by atoms with Crippen molar-refractivity contribution in [1.29, 1.82) is 5.26 Å². The summed E-state index contributed by atoms with van der Waals surface area (Å²) in [7, 11) is -1.90. The van der Waals surface area contributed by atoms with Crippen molar-refractivity contribution in [3.05, 3.63) is 65.4 Å². The molecule has 2 aromatic carbocycles. The number of rotatable bonds is 7. The van der Waals surface area contributed by atoms with Gasteiger partial charge in [-0.1, -0.05) is 18.2 Å². The third kappa shape index (κ3) is 5.10. The van der Waals surface area contributed by atoms with Crippen LogP contribution >= 0.6 is 0 Å². The van der Waals surface area contributed by atoms with Crippen LogP contribution in [0.4, 0.5) is 0 Å². The van der Waals surface area contributed by atoms with Gasteiger partial charge in [0.2, 0.25) is 10.0 Å². The minimum absolute atomic E-state index is 0.0615. The highest BCUT2D eigenvalue weighted by Gasteiger charge is 2.37. The number of nitriles is 1. The van der Waals surface area contributed by atoms with E-state index < -0.39 is 10.0 Å². The van der Waals surface area contributed by atoms with Gasteiger partial charge in [-0.2, -0.15) is 5.26 Å². The Hall–Kier alpha value is -2.99. The summed E-state index contributed by atoms with van der Waals surface area (Å²) in [4.78, 5) is 4.81. The number of fused-ring (bicyclic) bond motifs is 3. The highest BCUT2D eigenvalue weighted by molar-refractivity contribution is 7.89. The molecule has 0 aliphatic carbocycles. The van der Waals surface area contributed by atoms with Gasteiger partial charge in [0.05, 0.1) is 23.1 Å². The van der Waals surface area contributed by atoms with E-state index in [1.807, 2.05) is 37.3 Å². The van der Waals surface area contributed by atoms with E-state index in [0.29, 0.717) is 16.4 Å². The molecule has 3 aromatic rings. The summed E-state index contributed by atoms with van der Waals surface area (Å²) in [6.45, 7) is 1.83. The topological polar surface area (TPSA) is 104 Å². The van der Waals surface area contributed by atoms with Crippen LogP contribution in [0.5, 0.6) is 5.75 Å². The molecule has 2 N–H and O–H groups in total. The van der Waals surface area contributed by atoms with Gasteiger partial charge < -0.3 is 10.1 Å². The molecule has 2 bridgehead atoms. The predicted octanol–water partition coefficient (Wildman–Crippen LogP) is 4.23. The third-order valence-corrected chi connectivity index (χ3v) is 9.34. The first-order valence-corrected chi connectivity index (χ1v) is 14.0. The lowest BCUT2D eigenvalue weighted by atomic mass is 9.76. The minimum Gasteiger partial charge on any atom is -0.497 e. The molecule has 2 atom stereocenters. The Labute approximate surface area is 212 Å². The molecule has 0 spiro atoms. The second-order valence-electron chi connectivity index (χ2n) is 10.1. The molecule has 7 nitrogen and oxygen atoms in total. The SMILES string of the molecule is COc1ccc2ncc(C#N)c(CCC3CC4CC(NS(=O)(=O)c5ccccc5C)CC(C3)N4)c2c1. The summed E-state index contributed by atoms with van der Waals surface area (Å²) in [6, 6.07) is 15.8. The highest BCUT2D eigenvalue weighted by atomic mass is 32.2. The van der Waals surface area contributed by atoms with Crippen LogP contribution in [0.2, 0.25) is 0 Å². The Balaban J connectivity index is 1.25. The number of ether oxygens (including phenoxy) is 1. The maximum atomic E-state index is 13.0. The van der Waals surface area contributed by atoms with Crippen molar-refractivity contribution in [3.8, 4) is 11.8 Å². The Morgan fingerprint density at radius 1 is 1.14 bits per heavy atom. The number of pyridine rings is 1. The van der Waals surface area contributed by atoms with Crippen molar-refractivity contribution < 1.29 is 13.2 Å². The third-order valence-electron chi connectivity index (χ3n) is 7.66. The van der Waals surface area contributed by atoms with Crippen molar-refractivity contribution in [2.75, 3.05) is 7.11 Å². The fourth-order valence-electron chi connectivity index (χ4n) is 6.02. The Kier molecular flexibility index (Phi) is 6.98. The number of aromatic nitrogens is 1. The lowest BCUT2D eigenvalue weighted by Gasteiger charge is -2.44. The molecule has 3 heterocycles. The van der Waals surface area contributed by atoms with Crippen LogP contribution in [0.15, 0.2) is 53.6 Å². The van der Waals surface area contributed by atoms with Gasteiger partial charge >= 0.3 is 0 Å². The summed E-state index contributed by atoms with van der Waals surface area (Å²) >= 11 is 0. The van der Waals surface area contributed by atoms with E-state index in [4.69, 9.17) is 4.74 Å². The van der Waals surface area contributed by atoms with E-state index >= 15 is 0 Å². The lowest BCUT2D eigenvalue weighted by molar-refractivity contribution is 0.160. The highest BCUT2D eigenvalue weighted by Crippen LogP contribution is 2.34. The summed E-state index contributed by atoms with van der Waals surface area (Å²) in [5.74, 6) is 1.28. The average Bonchev–Trinajstić information content (AvgIpc) is 2.86. The maximum absolute atomic E-state index is 13.0. The molecule has 2 aliphatic heterocycles. The van der Waals surface area contributed by atoms with Gasteiger partial charge in [0.25, 0.3) is 0 Å². The van der Waals surface area contributed by atoms with Gasteiger partial charge in [-0.05, 0) is 86.8 Å². The van der Waals surface area contributed by atoms with Gasteiger partial charge in [-0.3, -0.25) is 4.98 Å². The van der Waals surface area contributed by atoms with Crippen LogP contribution in [-0.4, -0.2) is 38.6 Å². The van der Waals surface area contributed by atoms with E-state index in [1.54, 1.807) is 25.4 Å². The number of hydrogen-bond acceptors (Lipinski definition) is 6. The van der Waals surface area contributed by atoms with Gasteiger partial charge in [-0.15, -0.1) is 0 Å².